The highest BCUT2D eigenvalue weighted by molar-refractivity contribution is 5.39. The van der Waals surface area contributed by atoms with Crippen molar-refractivity contribution in [2.75, 3.05) is 0 Å². The molecule has 0 aromatic carbocycles. The predicted molar refractivity (Wildman–Crippen MR) is 42.9 cm³/mol. The lowest BCUT2D eigenvalue weighted by atomic mass is 10.5. The zero-order valence-corrected chi connectivity index (χ0v) is 7.01. The van der Waals surface area contributed by atoms with Crippen LogP contribution in [0, 0.1) is 6.92 Å². The lowest BCUT2D eigenvalue weighted by molar-refractivity contribution is 0.146. The molecule has 1 aromatic rings. The predicted octanol–water partition coefficient (Wildman–Crippen LogP) is 2.62. The van der Waals surface area contributed by atoms with Crippen molar-refractivity contribution in [2.24, 2.45) is 0 Å². The molecule has 0 N–H and O–H groups in total. The van der Waals surface area contributed by atoms with Gasteiger partial charge in [0.1, 0.15) is 11.5 Å². The van der Waals surface area contributed by atoms with Crippen LogP contribution in [0.5, 0.6) is 0 Å². The number of alkyl halides is 2. The van der Waals surface area contributed by atoms with E-state index in [0.717, 1.165) is 0 Å². The van der Waals surface area contributed by atoms with Crippen LogP contribution < -0.4 is 0 Å². The van der Waals surface area contributed by atoms with Crippen LogP contribution in [-0.4, -0.2) is 9.55 Å². The van der Waals surface area contributed by atoms with Gasteiger partial charge in [-0.25, -0.2) is 13.8 Å². The van der Waals surface area contributed by atoms with Crippen molar-refractivity contribution in [1.82, 2.24) is 9.55 Å². The largest absolute Gasteiger partial charge is 0.308 e. The number of halogens is 2. The van der Waals surface area contributed by atoms with Crippen LogP contribution >= 0.6 is 0 Å². The monoisotopic (exact) mass is 172 g/mol. The van der Waals surface area contributed by atoms with Crippen LogP contribution in [0.15, 0.2) is 12.8 Å². The highest BCUT2D eigenvalue weighted by atomic mass is 19.3. The average molecular weight is 172 g/mol. The maximum atomic E-state index is 12.1. The number of imidazole rings is 1. The van der Waals surface area contributed by atoms with Gasteiger partial charge in [0.25, 0.3) is 6.43 Å². The van der Waals surface area contributed by atoms with E-state index in [1.54, 1.807) is 18.4 Å². The Bertz CT molecular complexity index is 302. The summed E-state index contributed by atoms with van der Waals surface area (Å²) in [5.74, 6) is 0.540. The number of aryl methyl sites for hydroxylation is 1. The normalized spacial score (nSPS) is 10.8. The molecule has 0 bridgehead atoms. The van der Waals surface area contributed by atoms with Gasteiger partial charge < -0.3 is 4.57 Å². The summed E-state index contributed by atoms with van der Waals surface area (Å²) >= 11 is 0. The van der Waals surface area contributed by atoms with Gasteiger partial charge in [-0.1, -0.05) is 6.58 Å². The van der Waals surface area contributed by atoms with Gasteiger partial charge in [-0.2, -0.15) is 0 Å². The van der Waals surface area contributed by atoms with E-state index >= 15 is 0 Å². The van der Waals surface area contributed by atoms with E-state index in [9.17, 15) is 8.78 Å². The molecular formula is C8H10F2N2. The van der Waals surface area contributed by atoms with Crippen LogP contribution in [0.3, 0.4) is 0 Å². The number of hydrogen-bond acceptors (Lipinski definition) is 1. The Hall–Kier alpha value is -1.19. The average Bonchev–Trinajstić information content (AvgIpc) is 2.30. The van der Waals surface area contributed by atoms with E-state index in [4.69, 9.17) is 0 Å². The highest BCUT2D eigenvalue weighted by Crippen LogP contribution is 2.19. The standard InChI is InChI=1S/C8H10F2N2/c1-5(2)12-4-7(8(9)10)11-6(12)3/h4,8H,1H2,2-3H3. The van der Waals surface area contributed by atoms with Crippen molar-refractivity contribution in [1.29, 1.82) is 0 Å². The van der Waals surface area contributed by atoms with Crippen molar-refractivity contribution in [3.8, 4) is 0 Å². The summed E-state index contributed by atoms with van der Waals surface area (Å²) in [6.45, 7) is 7.04. The Labute approximate surface area is 69.5 Å². The Kier molecular flexibility index (Phi) is 2.26. The Balaban J connectivity index is 3.09. The van der Waals surface area contributed by atoms with Gasteiger partial charge in [-0.15, -0.1) is 0 Å². The first kappa shape index (κ1) is 8.90. The third-order valence-corrected chi connectivity index (χ3v) is 1.54. The highest BCUT2D eigenvalue weighted by Gasteiger charge is 2.12. The summed E-state index contributed by atoms with van der Waals surface area (Å²) < 4.78 is 25.8. The third kappa shape index (κ3) is 1.52. The molecule has 12 heavy (non-hydrogen) atoms. The Morgan fingerprint density at radius 2 is 2.25 bits per heavy atom. The van der Waals surface area contributed by atoms with Crippen LogP contribution in [0.25, 0.3) is 5.70 Å². The topological polar surface area (TPSA) is 17.8 Å². The van der Waals surface area contributed by atoms with Gasteiger partial charge in [0.2, 0.25) is 0 Å². The maximum Gasteiger partial charge on any atom is 0.281 e. The first-order valence-corrected chi connectivity index (χ1v) is 3.52. The van der Waals surface area contributed by atoms with Crippen molar-refractivity contribution < 1.29 is 8.78 Å². The van der Waals surface area contributed by atoms with Gasteiger partial charge in [0.15, 0.2) is 0 Å². The fourth-order valence-electron chi connectivity index (χ4n) is 0.987. The van der Waals surface area contributed by atoms with Gasteiger partial charge in [0, 0.05) is 11.9 Å². The lowest BCUT2D eigenvalue weighted by Gasteiger charge is -2.00. The van der Waals surface area contributed by atoms with E-state index in [1.165, 1.54) is 6.20 Å². The first-order valence-electron chi connectivity index (χ1n) is 3.52. The summed E-state index contributed by atoms with van der Waals surface area (Å²) in [4.78, 5) is 3.68. The SMILES string of the molecule is C=C(C)n1cc(C(F)F)nc1C. The number of aromatic nitrogens is 2. The Morgan fingerprint density at radius 1 is 1.67 bits per heavy atom. The summed E-state index contributed by atoms with van der Waals surface area (Å²) in [7, 11) is 0. The minimum Gasteiger partial charge on any atom is -0.308 e. The fourth-order valence-corrected chi connectivity index (χ4v) is 0.987. The molecule has 66 valence electrons. The van der Waals surface area contributed by atoms with E-state index in [2.05, 4.69) is 11.6 Å². The van der Waals surface area contributed by atoms with E-state index in [0.29, 0.717) is 11.5 Å². The van der Waals surface area contributed by atoms with Crippen molar-refractivity contribution in [3.63, 3.8) is 0 Å². The van der Waals surface area contributed by atoms with Crippen LogP contribution in [0.4, 0.5) is 8.78 Å². The minimum absolute atomic E-state index is 0.199. The molecule has 0 saturated carbocycles. The molecule has 0 amide bonds. The number of rotatable bonds is 2. The fraction of sp³-hybridized carbons (Fsp3) is 0.375. The third-order valence-electron chi connectivity index (χ3n) is 1.54. The molecular weight excluding hydrogens is 162 g/mol. The van der Waals surface area contributed by atoms with Crippen LogP contribution in [-0.2, 0) is 0 Å². The maximum absolute atomic E-state index is 12.1. The van der Waals surface area contributed by atoms with Crippen molar-refractivity contribution in [2.45, 2.75) is 20.3 Å². The minimum atomic E-state index is -2.51. The molecule has 1 rings (SSSR count). The second-order valence-corrected chi connectivity index (χ2v) is 2.62. The Morgan fingerprint density at radius 3 is 2.50 bits per heavy atom. The van der Waals surface area contributed by atoms with Gasteiger partial charge in [-0.05, 0) is 13.8 Å². The quantitative estimate of drug-likeness (QED) is 0.670. The second kappa shape index (κ2) is 3.05. The van der Waals surface area contributed by atoms with E-state index in [-0.39, 0.29) is 5.69 Å². The molecule has 0 spiro atoms. The molecule has 2 nitrogen and oxygen atoms in total. The molecule has 0 fully saturated rings. The summed E-state index contributed by atoms with van der Waals surface area (Å²) in [5.41, 5.74) is 0.488. The molecule has 0 unspecified atom stereocenters. The molecule has 1 aromatic heterocycles. The molecule has 0 atom stereocenters. The summed E-state index contributed by atoms with van der Waals surface area (Å²) in [6, 6.07) is 0. The summed E-state index contributed by atoms with van der Waals surface area (Å²) in [6.07, 6.45) is -1.20. The molecule has 0 radical (unpaired) electrons. The lowest BCUT2D eigenvalue weighted by Crippen LogP contribution is -1.92. The molecule has 0 aliphatic heterocycles. The van der Waals surface area contributed by atoms with Gasteiger partial charge in [-0.3, -0.25) is 0 Å². The summed E-state index contributed by atoms with van der Waals surface area (Å²) in [5, 5.41) is 0. The molecule has 4 heteroatoms. The number of nitrogens with zero attached hydrogens (tertiary/aromatic N) is 2. The molecule has 0 aliphatic carbocycles. The van der Waals surface area contributed by atoms with Gasteiger partial charge in [0.05, 0.1) is 0 Å². The molecule has 0 saturated heterocycles. The second-order valence-electron chi connectivity index (χ2n) is 2.62. The first-order chi connectivity index (χ1) is 5.52. The van der Waals surface area contributed by atoms with Crippen molar-refractivity contribution in [3.05, 3.63) is 24.3 Å². The van der Waals surface area contributed by atoms with E-state index in [1.807, 2.05) is 0 Å². The smallest absolute Gasteiger partial charge is 0.281 e. The van der Waals surface area contributed by atoms with Crippen molar-refractivity contribution >= 4 is 5.70 Å². The van der Waals surface area contributed by atoms with E-state index < -0.39 is 6.43 Å². The molecule has 0 aliphatic rings. The zero-order chi connectivity index (χ0) is 9.30. The van der Waals surface area contributed by atoms with Gasteiger partial charge >= 0.3 is 0 Å². The van der Waals surface area contributed by atoms with Crippen LogP contribution in [0.2, 0.25) is 0 Å². The zero-order valence-electron chi connectivity index (χ0n) is 7.01. The number of allylic oxidation sites excluding steroid dienone is 1. The molecule has 1 heterocycles. The number of hydrogen-bond donors (Lipinski definition) is 0. The van der Waals surface area contributed by atoms with Crippen LogP contribution in [0.1, 0.15) is 24.9 Å².